The fraction of sp³-hybridized carbons (Fsp3) is 0.796. The molecule has 1 unspecified atom stereocenters. The molecule has 0 aromatic heterocycles. The van der Waals surface area contributed by atoms with Crippen LogP contribution in [-0.2, 0) is 19.1 Å². The Bertz CT molecular complexity index is 904. The van der Waals surface area contributed by atoms with E-state index in [2.05, 4.69) is 62.5 Å². The lowest BCUT2D eigenvalue weighted by Crippen LogP contribution is -2.28. The second-order valence-corrected chi connectivity index (χ2v) is 15.5. The van der Waals surface area contributed by atoms with Crippen LogP contribution in [0.5, 0.6) is 0 Å². The average Bonchev–Trinajstić information content (AvgIpc) is 3.17. The number of aliphatic hydroxyl groups is 1. The van der Waals surface area contributed by atoms with Crippen molar-refractivity contribution in [1.29, 1.82) is 0 Å². The summed E-state index contributed by atoms with van der Waals surface area (Å²) in [5.74, 6) is -0.601. The Hall–Kier alpha value is -2.14. The minimum absolute atomic E-state index is 0.0713. The molecular formula is C49H88O5. The highest BCUT2D eigenvalue weighted by Crippen LogP contribution is 2.14. The van der Waals surface area contributed by atoms with E-state index in [0.29, 0.717) is 12.8 Å². The van der Waals surface area contributed by atoms with Crippen LogP contribution >= 0.6 is 0 Å². The van der Waals surface area contributed by atoms with Gasteiger partial charge < -0.3 is 14.6 Å². The van der Waals surface area contributed by atoms with Crippen molar-refractivity contribution >= 4 is 11.9 Å². The van der Waals surface area contributed by atoms with Gasteiger partial charge in [0, 0.05) is 12.8 Å². The van der Waals surface area contributed by atoms with Crippen LogP contribution in [0.2, 0.25) is 0 Å². The molecule has 314 valence electrons. The zero-order valence-corrected chi connectivity index (χ0v) is 35.7. The molecular weight excluding hydrogens is 669 g/mol. The molecule has 0 spiro atoms. The van der Waals surface area contributed by atoms with E-state index in [9.17, 15) is 14.7 Å². The van der Waals surface area contributed by atoms with E-state index < -0.39 is 6.10 Å². The molecule has 1 atom stereocenters. The predicted octanol–water partition coefficient (Wildman–Crippen LogP) is 15.0. The van der Waals surface area contributed by atoms with Crippen molar-refractivity contribution in [1.82, 2.24) is 0 Å². The van der Waals surface area contributed by atoms with Gasteiger partial charge in [0.25, 0.3) is 0 Å². The third kappa shape index (κ3) is 42.6. The lowest BCUT2D eigenvalue weighted by molar-refractivity contribution is -0.161. The number of ether oxygens (including phenoxy) is 2. The summed E-state index contributed by atoms with van der Waals surface area (Å²) in [6.45, 7) is 4.12. The molecule has 0 radical (unpaired) electrons. The number of aliphatic hydroxyl groups excluding tert-OH is 1. The summed E-state index contributed by atoms with van der Waals surface area (Å²) in [5.41, 5.74) is 0. The predicted molar refractivity (Wildman–Crippen MR) is 233 cm³/mol. The number of hydrogen-bond acceptors (Lipinski definition) is 5. The quantitative estimate of drug-likeness (QED) is 0.0381. The van der Waals surface area contributed by atoms with E-state index in [1.807, 2.05) is 0 Å². The number of carbonyl (C=O) groups excluding carboxylic acids is 2. The highest BCUT2D eigenvalue weighted by Gasteiger charge is 2.16. The summed E-state index contributed by atoms with van der Waals surface area (Å²) in [6, 6.07) is 0. The summed E-state index contributed by atoms with van der Waals surface area (Å²) in [4.78, 5) is 24.3. The van der Waals surface area contributed by atoms with Gasteiger partial charge in [-0.2, -0.15) is 0 Å². The van der Waals surface area contributed by atoms with Crippen molar-refractivity contribution in [2.45, 2.75) is 238 Å². The van der Waals surface area contributed by atoms with Crippen LogP contribution in [0.1, 0.15) is 232 Å². The molecule has 0 saturated heterocycles. The first-order valence-corrected chi connectivity index (χ1v) is 23.2. The Morgan fingerprint density at radius 2 is 0.741 bits per heavy atom. The monoisotopic (exact) mass is 757 g/mol. The van der Waals surface area contributed by atoms with Gasteiger partial charge in [0.2, 0.25) is 0 Å². The molecule has 0 aromatic carbocycles. The van der Waals surface area contributed by atoms with E-state index in [0.717, 1.165) is 57.8 Å². The van der Waals surface area contributed by atoms with Crippen LogP contribution in [0, 0.1) is 0 Å². The van der Waals surface area contributed by atoms with Crippen LogP contribution in [0.25, 0.3) is 0 Å². The molecule has 1 N–H and O–H groups in total. The van der Waals surface area contributed by atoms with Crippen LogP contribution in [0.3, 0.4) is 0 Å². The maximum Gasteiger partial charge on any atom is 0.306 e. The van der Waals surface area contributed by atoms with Crippen LogP contribution < -0.4 is 0 Å². The van der Waals surface area contributed by atoms with Crippen molar-refractivity contribution < 1.29 is 24.2 Å². The number of allylic oxidation sites excluding steroid dienone is 8. The van der Waals surface area contributed by atoms with Crippen LogP contribution in [-0.4, -0.2) is 36.4 Å². The minimum Gasteiger partial charge on any atom is -0.462 e. The first-order valence-electron chi connectivity index (χ1n) is 23.2. The first kappa shape index (κ1) is 51.9. The van der Waals surface area contributed by atoms with Gasteiger partial charge in [-0.05, 0) is 77.0 Å². The minimum atomic E-state index is -0.777. The number of hydrogen-bond donors (Lipinski definition) is 1. The van der Waals surface area contributed by atoms with E-state index in [4.69, 9.17) is 9.47 Å². The van der Waals surface area contributed by atoms with Gasteiger partial charge in [0.1, 0.15) is 6.61 Å². The number of carbonyl (C=O) groups is 2. The van der Waals surface area contributed by atoms with Gasteiger partial charge in [0.05, 0.1) is 6.61 Å². The summed E-state index contributed by atoms with van der Waals surface area (Å²) in [7, 11) is 0. The van der Waals surface area contributed by atoms with Crippen molar-refractivity contribution in [2.75, 3.05) is 13.2 Å². The van der Waals surface area contributed by atoms with E-state index in [1.165, 1.54) is 148 Å². The SMILES string of the molecule is CCCCCCC/C=C\C/C=C\C/C=C\CCCCCCCCCCCCC(=O)OC(CO)COC(=O)CCCCCCC/C=C\CCCCCCCC. The van der Waals surface area contributed by atoms with Crippen molar-refractivity contribution in [3.05, 3.63) is 48.6 Å². The fourth-order valence-electron chi connectivity index (χ4n) is 6.56. The van der Waals surface area contributed by atoms with Gasteiger partial charge in [-0.1, -0.05) is 191 Å². The smallest absolute Gasteiger partial charge is 0.306 e. The Balaban J connectivity index is 3.53. The number of rotatable bonds is 42. The summed E-state index contributed by atoms with van der Waals surface area (Å²) in [6.07, 6.45) is 57.6. The van der Waals surface area contributed by atoms with E-state index in [1.54, 1.807) is 0 Å². The topological polar surface area (TPSA) is 72.8 Å². The largest absolute Gasteiger partial charge is 0.462 e. The molecule has 0 heterocycles. The molecule has 0 aliphatic rings. The molecule has 0 aliphatic carbocycles. The van der Waals surface area contributed by atoms with Gasteiger partial charge in [-0.3, -0.25) is 9.59 Å². The Labute approximate surface area is 335 Å². The summed E-state index contributed by atoms with van der Waals surface area (Å²) >= 11 is 0. The van der Waals surface area contributed by atoms with Crippen molar-refractivity contribution in [3.63, 3.8) is 0 Å². The van der Waals surface area contributed by atoms with Gasteiger partial charge >= 0.3 is 11.9 Å². The zero-order valence-electron chi connectivity index (χ0n) is 35.7. The van der Waals surface area contributed by atoms with Gasteiger partial charge in [-0.15, -0.1) is 0 Å². The first-order chi connectivity index (χ1) is 26.6. The third-order valence-electron chi connectivity index (χ3n) is 10.1. The van der Waals surface area contributed by atoms with Crippen LogP contribution in [0.4, 0.5) is 0 Å². The Kier molecular flexibility index (Phi) is 43.5. The molecule has 54 heavy (non-hydrogen) atoms. The molecule has 5 nitrogen and oxygen atoms in total. The van der Waals surface area contributed by atoms with E-state index >= 15 is 0 Å². The van der Waals surface area contributed by atoms with Gasteiger partial charge in [0.15, 0.2) is 6.10 Å². The highest BCUT2D eigenvalue weighted by atomic mass is 16.6. The Morgan fingerprint density at radius 3 is 1.13 bits per heavy atom. The molecule has 0 fully saturated rings. The molecule has 0 amide bonds. The summed E-state index contributed by atoms with van der Waals surface area (Å²) < 4.78 is 10.6. The molecule has 5 heteroatoms. The Morgan fingerprint density at radius 1 is 0.426 bits per heavy atom. The molecule has 0 rings (SSSR count). The fourth-order valence-corrected chi connectivity index (χ4v) is 6.56. The lowest BCUT2D eigenvalue weighted by atomic mass is 10.0. The number of esters is 2. The number of unbranched alkanes of at least 4 members (excludes halogenated alkanes) is 26. The molecule has 0 aromatic rings. The zero-order chi connectivity index (χ0) is 39.3. The summed E-state index contributed by atoms with van der Waals surface area (Å²) in [5, 5.41) is 9.59. The standard InChI is InChI=1S/C49H88O5/c1-3-5-7-9-11-13-15-17-19-20-21-22-23-24-25-26-27-28-30-32-34-36-38-40-42-44-49(52)54-47(45-50)46-53-48(51)43-41-39-37-35-33-31-29-18-16-14-12-10-8-6-4-2/h15,17-18,20-21,23-24,29,47,50H,3-14,16,19,22,25-28,30-46H2,1-2H3/b17-15-,21-20-,24-23-,29-18-. The lowest BCUT2D eigenvalue weighted by Gasteiger charge is -2.15. The van der Waals surface area contributed by atoms with Crippen LogP contribution in [0.15, 0.2) is 48.6 Å². The average molecular weight is 757 g/mol. The highest BCUT2D eigenvalue weighted by molar-refractivity contribution is 5.70. The van der Waals surface area contributed by atoms with E-state index in [-0.39, 0.29) is 25.2 Å². The normalized spacial score (nSPS) is 12.6. The van der Waals surface area contributed by atoms with Crippen molar-refractivity contribution in [3.8, 4) is 0 Å². The molecule has 0 saturated carbocycles. The molecule has 0 aliphatic heterocycles. The maximum absolute atomic E-state index is 12.2. The van der Waals surface area contributed by atoms with Crippen molar-refractivity contribution in [2.24, 2.45) is 0 Å². The second-order valence-electron chi connectivity index (χ2n) is 15.5. The van der Waals surface area contributed by atoms with Gasteiger partial charge in [-0.25, -0.2) is 0 Å². The molecule has 0 bridgehead atoms. The third-order valence-corrected chi connectivity index (χ3v) is 10.1. The second kappa shape index (κ2) is 45.3. The maximum atomic E-state index is 12.2.